The maximum atomic E-state index is 5.93. The van der Waals surface area contributed by atoms with Crippen LogP contribution < -0.4 is 5.73 Å². The molecular formula is C14H25N3. The third-order valence-corrected chi connectivity index (χ3v) is 3.00. The molecule has 0 saturated carbocycles. The SMILES string of the molecule is CCCN(CCC)C(CN)c1ccc(C)nc1. The minimum Gasteiger partial charge on any atom is -0.329 e. The van der Waals surface area contributed by atoms with Crippen LogP contribution >= 0.6 is 0 Å². The second-order valence-corrected chi connectivity index (χ2v) is 4.52. The Bertz CT molecular complexity index is 302. The number of nitrogens with two attached hydrogens (primary N) is 1. The van der Waals surface area contributed by atoms with Crippen molar-refractivity contribution in [1.29, 1.82) is 0 Å². The molecule has 1 unspecified atom stereocenters. The summed E-state index contributed by atoms with van der Waals surface area (Å²) in [5.74, 6) is 0. The highest BCUT2D eigenvalue weighted by atomic mass is 15.2. The fourth-order valence-electron chi connectivity index (χ4n) is 2.17. The van der Waals surface area contributed by atoms with Crippen molar-refractivity contribution >= 4 is 0 Å². The van der Waals surface area contributed by atoms with Crippen LogP contribution in [0.2, 0.25) is 0 Å². The van der Waals surface area contributed by atoms with E-state index >= 15 is 0 Å². The molecule has 3 nitrogen and oxygen atoms in total. The van der Waals surface area contributed by atoms with E-state index in [9.17, 15) is 0 Å². The van der Waals surface area contributed by atoms with Gasteiger partial charge in [-0.3, -0.25) is 9.88 Å². The zero-order valence-corrected chi connectivity index (χ0v) is 11.3. The van der Waals surface area contributed by atoms with E-state index < -0.39 is 0 Å². The summed E-state index contributed by atoms with van der Waals surface area (Å²) in [7, 11) is 0. The van der Waals surface area contributed by atoms with Crippen molar-refractivity contribution in [3.63, 3.8) is 0 Å². The van der Waals surface area contributed by atoms with Gasteiger partial charge in [0.2, 0.25) is 0 Å². The van der Waals surface area contributed by atoms with Crippen molar-refractivity contribution < 1.29 is 0 Å². The summed E-state index contributed by atoms with van der Waals surface area (Å²) in [6, 6.07) is 4.52. The molecule has 0 radical (unpaired) electrons. The Morgan fingerprint density at radius 1 is 1.24 bits per heavy atom. The summed E-state index contributed by atoms with van der Waals surface area (Å²) >= 11 is 0. The molecule has 0 spiro atoms. The Labute approximate surface area is 105 Å². The van der Waals surface area contributed by atoms with Crippen molar-refractivity contribution in [3.8, 4) is 0 Å². The smallest absolute Gasteiger partial charge is 0.0485 e. The predicted octanol–water partition coefficient (Wildman–Crippen LogP) is 2.51. The van der Waals surface area contributed by atoms with Gasteiger partial charge in [-0.2, -0.15) is 0 Å². The molecule has 1 atom stereocenters. The molecule has 96 valence electrons. The first kappa shape index (κ1) is 14.1. The predicted molar refractivity (Wildman–Crippen MR) is 72.9 cm³/mol. The molecule has 17 heavy (non-hydrogen) atoms. The lowest BCUT2D eigenvalue weighted by atomic mass is 10.1. The molecule has 0 fully saturated rings. The van der Waals surface area contributed by atoms with Gasteiger partial charge in [0, 0.05) is 24.5 Å². The van der Waals surface area contributed by atoms with Crippen LogP contribution in [0.3, 0.4) is 0 Å². The van der Waals surface area contributed by atoms with E-state index in [1.165, 1.54) is 5.56 Å². The van der Waals surface area contributed by atoms with E-state index in [1.807, 2.05) is 13.1 Å². The van der Waals surface area contributed by atoms with Gasteiger partial charge in [-0.1, -0.05) is 19.9 Å². The number of hydrogen-bond donors (Lipinski definition) is 1. The van der Waals surface area contributed by atoms with E-state index in [1.54, 1.807) is 0 Å². The number of aryl methyl sites for hydroxylation is 1. The molecule has 2 N–H and O–H groups in total. The van der Waals surface area contributed by atoms with Gasteiger partial charge in [-0.15, -0.1) is 0 Å². The highest BCUT2D eigenvalue weighted by Crippen LogP contribution is 2.19. The fraction of sp³-hybridized carbons (Fsp3) is 0.643. The van der Waals surface area contributed by atoms with E-state index in [-0.39, 0.29) is 0 Å². The molecule has 3 heteroatoms. The Morgan fingerprint density at radius 2 is 1.88 bits per heavy atom. The summed E-state index contributed by atoms with van der Waals surface area (Å²) in [5.41, 5.74) is 8.23. The molecule has 0 aliphatic heterocycles. The van der Waals surface area contributed by atoms with Crippen LogP contribution in [0, 0.1) is 6.92 Å². The van der Waals surface area contributed by atoms with Gasteiger partial charge in [-0.05, 0) is 44.5 Å². The lowest BCUT2D eigenvalue weighted by Crippen LogP contribution is -2.35. The van der Waals surface area contributed by atoms with Crippen LogP contribution in [0.5, 0.6) is 0 Å². The van der Waals surface area contributed by atoms with Crippen LogP contribution in [0.4, 0.5) is 0 Å². The number of hydrogen-bond acceptors (Lipinski definition) is 3. The Morgan fingerprint density at radius 3 is 2.29 bits per heavy atom. The first-order chi connectivity index (χ1) is 8.22. The highest BCUT2D eigenvalue weighted by molar-refractivity contribution is 5.17. The van der Waals surface area contributed by atoms with Crippen LogP contribution in [-0.2, 0) is 0 Å². The van der Waals surface area contributed by atoms with Gasteiger partial charge in [0.25, 0.3) is 0 Å². The van der Waals surface area contributed by atoms with Gasteiger partial charge in [-0.25, -0.2) is 0 Å². The Kier molecular flexibility index (Phi) is 6.16. The van der Waals surface area contributed by atoms with Gasteiger partial charge in [0.1, 0.15) is 0 Å². The molecule has 1 aromatic rings. The minimum absolute atomic E-state index is 0.308. The zero-order chi connectivity index (χ0) is 12.7. The van der Waals surface area contributed by atoms with Crippen molar-refractivity contribution in [1.82, 2.24) is 9.88 Å². The number of pyridine rings is 1. The average Bonchev–Trinajstić information content (AvgIpc) is 2.33. The normalized spacial score (nSPS) is 13.0. The van der Waals surface area contributed by atoms with E-state index in [4.69, 9.17) is 5.73 Å². The lowest BCUT2D eigenvalue weighted by molar-refractivity contribution is 0.202. The van der Waals surface area contributed by atoms with Crippen LogP contribution in [0.15, 0.2) is 18.3 Å². The molecule has 0 aliphatic rings. The summed E-state index contributed by atoms with van der Waals surface area (Å²) < 4.78 is 0. The largest absolute Gasteiger partial charge is 0.329 e. The van der Waals surface area contributed by atoms with Crippen molar-refractivity contribution in [2.24, 2.45) is 5.73 Å². The first-order valence-corrected chi connectivity index (χ1v) is 6.59. The lowest BCUT2D eigenvalue weighted by Gasteiger charge is -2.30. The van der Waals surface area contributed by atoms with Gasteiger partial charge < -0.3 is 5.73 Å². The van der Waals surface area contributed by atoms with Gasteiger partial charge >= 0.3 is 0 Å². The summed E-state index contributed by atoms with van der Waals surface area (Å²) in [5, 5.41) is 0. The second-order valence-electron chi connectivity index (χ2n) is 4.52. The maximum Gasteiger partial charge on any atom is 0.0485 e. The number of rotatable bonds is 7. The molecule has 1 rings (SSSR count). The van der Waals surface area contributed by atoms with Crippen molar-refractivity contribution in [2.75, 3.05) is 19.6 Å². The topological polar surface area (TPSA) is 42.1 Å². The summed E-state index contributed by atoms with van der Waals surface area (Å²) in [4.78, 5) is 6.83. The molecule has 1 heterocycles. The molecule has 0 bridgehead atoms. The van der Waals surface area contributed by atoms with Crippen LogP contribution in [0.25, 0.3) is 0 Å². The maximum absolute atomic E-state index is 5.93. The number of aromatic nitrogens is 1. The van der Waals surface area contributed by atoms with Crippen molar-refractivity contribution in [2.45, 2.75) is 39.7 Å². The average molecular weight is 235 g/mol. The molecule has 0 aliphatic carbocycles. The van der Waals surface area contributed by atoms with E-state index in [0.29, 0.717) is 12.6 Å². The number of nitrogens with zero attached hydrogens (tertiary/aromatic N) is 2. The van der Waals surface area contributed by atoms with E-state index in [0.717, 1.165) is 31.6 Å². The quantitative estimate of drug-likeness (QED) is 0.789. The standard InChI is InChI=1S/C14H25N3/c1-4-8-17(9-5-2)14(10-15)13-7-6-12(3)16-11-13/h6-7,11,14H,4-5,8-10,15H2,1-3H3. The monoisotopic (exact) mass is 235 g/mol. The zero-order valence-electron chi connectivity index (χ0n) is 11.3. The van der Waals surface area contributed by atoms with Crippen LogP contribution in [0.1, 0.15) is 44.0 Å². The van der Waals surface area contributed by atoms with Gasteiger partial charge in [0.15, 0.2) is 0 Å². The molecule has 0 saturated heterocycles. The third kappa shape index (κ3) is 4.10. The summed E-state index contributed by atoms with van der Waals surface area (Å²) in [6.07, 6.45) is 4.29. The van der Waals surface area contributed by atoms with Crippen LogP contribution in [-0.4, -0.2) is 29.5 Å². The first-order valence-electron chi connectivity index (χ1n) is 6.59. The third-order valence-electron chi connectivity index (χ3n) is 3.00. The highest BCUT2D eigenvalue weighted by Gasteiger charge is 2.17. The molecule has 0 amide bonds. The molecule has 1 aromatic heterocycles. The fourth-order valence-corrected chi connectivity index (χ4v) is 2.17. The summed E-state index contributed by atoms with van der Waals surface area (Å²) in [6.45, 7) is 9.29. The molecule has 0 aromatic carbocycles. The second kappa shape index (κ2) is 7.41. The Hall–Kier alpha value is -0.930. The minimum atomic E-state index is 0.308. The van der Waals surface area contributed by atoms with Crippen molar-refractivity contribution in [3.05, 3.63) is 29.6 Å². The molecular weight excluding hydrogens is 210 g/mol. The Balaban J connectivity index is 2.83. The van der Waals surface area contributed by atoms with E-state index in [2.05, 4.69) is 35.9 Å². The van der Waals surface area contributed by atoms with Gasteiger partial charge in [0.05, 0.1) is 0 Å².